The van der Waals surface area contributed by atoms with Crippen molar-refractivity contribution in [2.45, 2.75) is 0 Å². The fourth-order valence-corrected chi connectivity index (χ4v) is 0.109. The SMILES string of the molecule is CNC=C(F)F. The first-order chi connectivity index (χ1) is 2.77. The fraction of sp³-hybridized carbons (Fsp3) is 0.333. The number of hydrogen-bond acceptors (Lipinski definition) is 1. The third-order valence-corrected chi connectivity index (χ3v) is 0.253. The molecule has 0 aliphatic heterocycles. The van der Waals surface area contributed by atoms with E-state index in [0.29, 0.717) is 6.20 Å². The minimum Gasteiger partial charge on any atom is -0.390 e. The molecule has 1 nitrogen and oxygen atoms in total. The van der Waals surface area contributed by atoms with Crippen LogP contribution in [0.2, 0.25) is 0 Å². The van der Waals surface area contributed by atoms with Crippen LogP contribution in [-0.4, -0.2) is 7.05 Å². The summed E-state index contributed by atoms with van der Waals surface area (Å²) in [5.74, 6) is 0. The molecule has 6 heavy (non-hydrogen) atoms. The zero-order valence-electron chi connectivity index (χ0n) is 3.33. The minimum atomic E-state index is -1.70. The lowest BCUT2D eigenvalue weighted by Gasteiger charge is -1.77. The molecule has 0 saturated heterocycles. The van der Waals surface area contributed by atoms with Crippen LogP contribution in [0.4, 0.5) is 8.78 Å². The average molecular weight is 93.1 g/mol. The summed E-state index contributed by atoms with van der Waals surface area (Å²) in [6, 6.07) is 0. The lowest BCUT2D eigenvalue weighted by atomic mass is 10.9. The van der Waals surface area contributed by atoms with Crippen LogP contribution < -0.4 is 5.32 Å². The largest absolute Gasteiger partial charge is 0.390 e. The van der Waals surface area contributed by atoms with Gasteiger partial charge in [-0.15, -0.1) is 0 Å². The van der Waals surface area contributed by atoms with E-state index in [1.807, 2.05) is 0 Å². The summed E-state index contributed by atoms with van der Waals surface area (Å²) < 4.78 is 21.7. The molecule has 0 amide bonds. The molecule has 0 fully saturated rings. The number of halogens is 2. The molecule has 0 spiro atoms. The first kappa shape index (κ1) is 5.40. The van der Waals surface area contributed by atoms with Gasteiger partial charge in [-0.05, 0) is 0 Å². The predicted molar refractivity (Wildman–Crippen MR) is 19.4 cm³/mol. The van der Waals surface area contributed by atoms with Crippen LogP contribution in [0.15, 0.2) is 12.3 Å². The fourth-order valence-electron chi connectivity index (χ4n) is 0.109. The Balaban J connectivity index is 3.14. The van der Waals surface area contributed by atoms with Crippen LogP contribution in [0.3, 0.4) is 0 Å². The van der Waals surface area contributed by atoms with E-state index in [4.69, 9.17) is 0 Å². The van der Waals surface area contributed by atoms with Gasteiger partial charge in [0, 0.05) is 7.05 Å². The van der Waals surface area contributed by atoms with Gasteiger partial charge in [0.15, 0.2) is 0 Å². The van der Waals surface area contributed by atoms with Crippen LogP contribution in [0.1, 0.15) is 0 Å². The number of nitrogens with one attached hydrogen (secondary N) is 1. The highest BCUT2D eigenvalue weighted by Crippen LogP contribution is 1.90. The Bertz CT molecular complexity index is 55.8. The Morgan fingerprint density at radius 1 is 1.67 bits per heavy atom. The predicted octanol–water partition coefficient (Wildman–Crippen LogP) is 0.944. The molecule has 0 unspecified atom stereocenters. The van der Waals surface area contributed by atoms with E-state index in [1.54, 1.807) is 0 Å². The van der Waals surface area contributed by atoms with Crippen molar-refractivity contribution < 1.29 is 8.78 Å². The van der Waals surface area contributed by atoms with E-state index >= 15 is 0 Å². The maximum absolute atomic E-state index is 10.8. The van der Waals surface area contributed by atoms with Crippen LogP contribution in [0, 0.1) is 0 Å². The van der Waals surface area contributed by atoms with Crippen molar-refractivity contribution in [2.75, 3.05) is 7.05 Å². The molecule has 0 heterocycles. The Hall–Kier alpha value is -0.600. The molecule has 0 aromatic carbocycles. The first-order valence-corrected chi connectivity index (χ1v) is 1.46. The second-order valence-corrected chi connectivity index (χ2v) is 0.723. The lowest BCUT2D eigenvalue weighted by molar-refractivity contribution is 0.416. The summed E-state index contributed by atoms with van der Waals surface area (Å²) in [6.45, 7) is 0. The van der Waals surface area contributed by atoms with Gasteiger partial charge in [0.05, 0.1) is 6.20 Å². The van der Waals surface area contributed by atoms with Gasteiger partial charge in [-0.3, -0.25) is 0 Å². The van der Waals surface area contributed by atoms with Crippen molar-refractivity contribution in [2.24, 2.45) is 0 Å². The maximum atomic E-state index is 10.8. The van der Waals surface area contributed by atoms with E-state index in [-0.39, 0.29) is 0 Å². The smallest absolute Gasteiger partial charge is 0.285 e. The van der Waals surface area contributed by atoms with Crippen molar-refractivity contribution >= 4 is 0 Å². The molecular formula is C3H5F2N. The van der Waals surface area contributed by atoms with Crippen molar-refractivity contribution in [3.8, 4) is 0 Å². The maximum Gasteiger partial charge on any atom is 0.285 e. The summed E-state index contributed by atoms with van der Waals surface area (Å²) >= 11 is 0. The minimum absolute atomic E-state index is 0.625. The molecule has 1 N–H and O–H groups in total. The number of hydrogen-bond donors (Lipinski definition) is 1. The van der Waals surface area contributed by atoms with Gasteiger partial charge < -0.3 is 5.32 Å². The van der Waals surface area contributed by atoms with Gasteiger partial charge in [-0.1, -0.05) is 0 Å². The summed E-state index contributed by atoms with van der Waals surface area (Å²) in [5, 5.41) is 2.16. The highest BCUT2D eigenvalue weighted by Gasteiger charge is 1.78. The lowest BCUT2D eigenvalue weighted by Crippen LogP contribution is -1.90. The van der Waals surface area contributed by atoms with E-state index < -0.39 is 6.08 Å². The Morgan fingerprint density at radius 2 is 2.17 bits per heavy atom. The zero-order valence-corrected chi connectivity index (χ0v) is 3.33. The van der Waals surface area contributed by atoms with E-state index in [1.165, 1.54) is 7.05 Å². The third kappa shape index (κ3) is 3.40. The molecule has 0 aliphatic rings. The van der Waals surface area contributed by atoms with E-state index in [9.17, 15) is 8.78 Å². The highest BCUT2D eigenvalue weighted by atomic mass is 19.3. The molecule has 36 valence electrons. The molecule has 3 heteroatoms. The average Bonchev–Trinajstić information content (AvgIpc) is 1.35. The Kier molecular flexibility index (Phi) is 2.36. The number of rotatable bonds is 1. The van der Waals surface area contributed by atoms with Gasteiger partial charge >= 0.3 is 0 Å². The molecule has 0 atom stereocenters. The molecule has 0 bridgehead atoms. The second-order valence-electron chi connectivity index (χ2n) is 0.723. The molecule has 0 rings (SSSR count). The van der Waals surface area contributed by atoms with Gasteiger partial charge in [0.1, 0.15) is 0 Å². The van der Waals surface area contributed by atoms with Gasteiger partial charge in [0.2, 0.25) is 0 Å². The van der Waals surface area contributed by atoms with E-state index in [0.717, 1.165) is 0 Å². The normalized spacial score (nSPS) is 7.17. The molecule has 0 radical (unpaired) electrons. The third-order valence-electron chi connectivity index (χ3n) is 0.253. The summed E-state index contributed by atoms with van der Waals surface area (Å²) in [7, 11) is 1.42. The van der Waals surface area contributed by atoms with Gasteiger partial charge in [0.25, 0.3) is 6.08 Å². The Morgan fingerprint density at radius 3 is 2.17 bits per heavy atom. The van der Waals surface area contributed by atoms with Crippen LogP contribution >= 0.6 is 0 Å². The van der Waals surface area contributed by atoms with Crippen LogP contribution in [-0.2, 0) is 0 Å². The van der Waals surface area contributed by atoms with E-state index in [2.05, 4.69) is 5.32 Å². The van der Waals surface area contributed by atoms with Crippen LogP contribution in [0.5, 0.6) is 0 Å². The Labute approximate surface area is 34.7 Å². The molecule has 0 aromatic rings. The monoisotopic (exact) mass is 93.0 g/mol. The van der Waals surface area contributed by atoms with Crippen molar-refractivity contribution in [3.05, 3.63) is 12.3 Å². The van der Waals surface area contributed by atoms with Gasteiger partial charge in [-0.2, -0.15) is 8.78 Å². The molecule has 0 saturated carbocycles. The topological polar surface area (TPSA) is 12.0 Å². The summed E-state index contributed by atoms with van der Waals surface area (Å²) in [5.41, 5.74) is 0. The molecular weight excluding hydrogens is 88.0 g/mol. The summed E-state index contributed by atoms with van der Waals surface area (Å²) in [6.07, 6.45) is -1.07. The van der Waals surface area contributed by atoms with Gasteiger partial charge in [-0.25, -0.2) is 0 Å². The highest BCUT2D eigenvalue weighted by molar-refractivity contribution is 4.74. The first-order valence-electron chi connectivity index (χ1n) is 1.46. The zero-order chi connectivity index (χ0) is 4.99. The molecule has 0 aliphatic carbocycles. The molecule has 0 aromatic heterocycles. The van der Waals surface area contributed by atoms with Crippen molar-refractivity contribution in [1.82, 2.24) is 5.32 Å². The van der Waals surface area contributed by atoms with Crippen molar-refractivity contribution in [1.29, 1.82) is 0 Å². The quantitative estimate of drug-likeness (QED) is 0.508. The van der Waals surface area contributed by atoms with Crippen LogP contribution in [0.25, 0.3) is 0 Å². The van der Waals surface area contributed by atoms with Crippen molar-refractivity contribution in [3.63, 3.8) is 0 Å². The standard InChI is InChI=1S/C3H5F2N/c1-6-2-3(4)5/h2,6H,1H3. The summed E-state index contributed by atoms with van der Waals surface area (Å²) in [4.78, 5) is 0. The second kappa shape index (κ2) is 2.63.